The molecule has 1 fully saturated rings. The molecule has 112 valence electrons. The van der Waals surface area contributed by atoms with Gasteiger partial charge >= 0.3 is 0 Å². The van der Waals surface area contributed by atoms with Crippen LogP contribution in [0.5, 0.6) is 0 Å². The van der Waals surface area contributed by atoms with Crippen LogP contribution in [-0.2, 0) is 4.74 Å². The fraction of sp³-hybridized carbons (Fsp3) is 0.929. The maximum atomic E-state index is 8.70. The van der Waals surface area contributed by atoms with Crippen molar-refractivity contribution in [2.45, 2.75) is 52.0 Å². The second kappa shape index (κ2) is 9.15. The quantitative estimate of drug-likeness (QED) is 0.221. The number of hydrogen-bond acceptors (Lipinski definition) is 4. The van der Waals surface area contributed by atoms with Crippen LogP contribution in [0.15, 0.2) is 5.16 Å². The molecule has 0 aromatic heterocycles. The molecule has 0 heterocycles. The van der Waals surface area contributed by atoms with Crippen molar-refractivity contribution in [1.82, 2.24) is 4.90 Å². The van der Waals surface area contributed by atoms with Crippen LogP contribution >= 0.6 is 0 Å². The highest BCUT2D eigenvalue weighted by Crippen LogP contribution is 2.23. The van der Waals surface area contributed by atoms with Crippen LogP contribution in [0, 0.1) is 5.92 Å². The van der Waals surface area contributed by atoms with E-state index in [1.54, 1.807) is 0 Å². The fourth-order valence-electron chi connectivity index (χ4n) is 2.50. The van der Waals surface area contributed by atoms with Gasteiger partial charge in [-0.15, -0.1) is 0 Å². The molecule has 0 bridgehead atoms. The van der Waals surface area contributed by atoms with Gasteiger partial charge in [0.1, 0.15) is 0 Å². The van der Waals surface area contributed by atoms with Crippen molar-refractivity contribution in [2.75, 3.05) is 26.3 Å². The topological polar surface area (TPSA) is 71.1 Å². The van der Waals surface area contributed by atoms with Crippen LogP contribution < -0.4 is 5.73 Å². The van der Waals surface area contributed by atoms with Crippen molar-refractivity contribution in [3.63, 3.8) is 0 Å². The van der Waals surface area contributed by atoms with Crippen LogP contribution in [0.2, 0.25) is 0 Å². The monoisotopic (exact) mass is 271 g/mol. The van der Waals surface area contributed by atoms with Gasteiger partial charge in [0.2, 0.25) is 0 Å². The van der Waals surface area contributed by atoms with E-state index in [0.29, 0.717) is 18.5 Å². The first kappa shape index (κ1) is 16.2. The van der Waals surface area contributed by atoms with Gasteiger partial charge in [-0.2, -0.15) is 0 Å². The molecule has 0 spiro atoms. The molecule has 5 nitrogen and oxygen atoms in total. The van der Waals surface area contributed by atoms with Crippen molar-refractivity contribution in [3.05, 3.63) is 0 Å². The average molecular weight is 271 g/mol. The van der Waals surface area contributed by atoms with Gasteiger partial charge in [-0.25, -0.2) is 0 Å². The Hall–Kier alpha value is -0.810. The minimum atomic E-state index is 0.286. The summed E-state index contributed by atoms with van der Waals surface area (Å²) in [6.45, 7) is 7.34. The summed E-state index contributed by atoms with van der Waals surface area (Å²) in [5.41, 5.74) is 5.63. The highest BCUT2D eigenvalue weighted by atomic mass is 16.5. The van der Waals surface area contributed by atoms with Crippen LogP contribution in [0.1, 0.15) is 46.0 Å². The lowest BCUT2D eigenvalue weighted by molar-refractivity contribution is 0.0875. The molecule has 0 aliphatic heterocycles. The molecule has 1 rings (SSSR count). The molecule has 19 heavy (non-hydrogen) atoms. The first-order valence-corrected chi connectivity index (χ1v) is 7.41. The van der Waals surface area contributed by atoms with Crippen molar-refractivity contribution in [2.24, 2.45) is 16.8 Å². The van der Waals surface area contributed by atoms with Crippen molar-refractivity contribution < 1.29 is 9.94 Å². The maximum Gasteiger partial charge on any atom is 0.153 e. The van der Waals surface area contributed by atoms with Gasteiger partial charge in [0.25, 0.3) is 0 Å². The van der Waals surface area contributed by atoms with E-state index in [1.807, 2.05) is 0 Å². The third kappa shape index (κ3) is 6.78. The van der Waals surface area contributed by atoms with Crippen LogP contribution in [-0.4, -0.2) is 48.3 Å². The summed E-state index contributed by atoms with van der Waals surface area (Å²) in [6, 6.07) is 0.564. The summed E-state index contributed by atoms with van der Waals surface area (Å²) >= 11 is 0. The third-order valence-electron chi connectivity index (χ3n) is 3.70. The molecule has 0 aromatic rings. The maximum absolute atomic E-state index is 8.70. The van der Waals surface area contributed by atoms with Crippen LogP contribution in [0.4, 0.5) is 0 Å². The summed E-state index contributed by atoms with van der Waals surface area (Å²) in [4.78, 5) is 2.29. The van der Waals surface area contributed by atoms with Crippen molar-refractivity contribution in [3.8, 4) is 0 Å². The second-order valence-corrected chi connectivity index (χ2v) is 5.79. The second-order valence-electron chi connectivity index (χ2n) is 5.79. The molecule has 0 atom stereocenters. The molecule has 5 heteroatoms. The van der Waals surface area contributed by atoms with E-state index < -0.39 is 0 Å². The highest BCUT2D eigenvalue weighted by Gasteiger charge is 2.23. The van der Waals surface area contributed by atoms with Gasteiger partial charge in [-0.1, -0.05) is 31.8 Å². The zero-order valence-corrected chi connectivity index (χ0v) is 12.3. The molecule has 3 N–H and O–H groups in total. The third-order valence-corrected chi connectivity index (χ3v) is 3.70. The number of hydrogen-bond donors (Lipinski definition) is 2. The molecule has 1 aliphatic carbocycles. The van der Waals surface area contributed by atoms with E-state index in [-0.39, 0.29) is 5.84 Å². The standard InChI is InChI=1S/C14H29N3O2/c1-12(2)7-9-19-10-8-17(11-14(15)16-18)13-5-3-4-6-13/h12-13,18H,3-11H2,1-2H3,(H2,15,16). The lowest BCUT2D eigenvalue weighted by Gasteiger charge is -2.28. The Kier molecular flexibility index (Phi) is 7.82. The van der Waals surface area contributed by atoms with Crippen molar-refractivity contribution >= 4 is 5.84 Å². The van der Waals surface area contributed by atoms with E-state index in [4.69, 9.17) is 15.7 Å². The zero-order chi connectivity index (χ0) is 14.1. The summed E-state index contributed by atoms with van der Waals surface area (Å²) in [5, 5.41) is 11.8. The highest BCUT2D eigenvalue weighted by molar-refractivity contribution is 5.81. The first-order chi connectivity index (χ1) is 9.13. The van der Waals surface area contributed by atoms with Gasteiger partial charge in [0, 0.05) is 19.2 Å². The molecule has 0 aromatic carbocycles. The minimum absolute atomic E-state index is 0.286. The fourth-order valence-corrected chi connectivity index (χ4v) is 2.50. The molecular formula is C14H29N3O2. The van der Waals surface area contributed by atoms with Crippen molar-refractivity contribution in [1.29, 1.82) is 0 Å². The minimum Gasteiger partial charge on any atom is -0.409 e. The Morgan fingerprint density at radius 2 is 2.05 bits per heavy atom. The summed E-state index contributed by atoms with van der Waals surface area (Å²) in [5.74, 6) is 0.970. The smallest absolute Gasteiger partial charge is 0.153 e. The number of nitrogens with two attached hydrogens (primary N) is 1. The summed E-state index contributed by atoms with van der Waals surface area (Å²) in [6.07, 6.45) is 6.09. The first-order valence-electron chi connectivity index (χ1n) is 7.41. The van der Waals surface area contributed by atoms with Crippen LogP contribution in [0.3, 0.4) is 0 Å². The molecule has 0 radical (unpaired) electrons. The van der Waals surface area contributed by atoms with E-state index >= 15 is 0 Å². The molecular weight excluding hydrogens is 242 g/mol. The number of amidine groups is 1. The lowest BCUT2D eigenvalue weighted by atomic mass is 10.1. The Morgan fingerprint density at radius 1 is 1.37 bits per heavy atom. The molecule has 1 saturated carbocycles. The number of rotatable bonds is 9. The van der Waals surface area contributed by atoms with E-state index in [0.717, 1.165) is 26.2 Å². The predicted octanol–water partition coefficient (Wildman–Crippen LogP) is 2.04. The SMILES string of the molecule is CC(C)CCOCCN(CC(N)=NO)C1CCCC1. The molecule has 1 aliphatic rings. The molecule has 0 saturated heterocycles. The average Bonchev–Trinajstić information content (AvgIpc) is 2.90. The largest absolute Gasteiger partial charge is 0.409 e. The van der Waals surface area contributed by atoms with Gasteiger partial charge in [-0.05, 0) is 25.2 Å². The number of ether oxygens (including phenoxy) is 1. The Balaban J connectivity index is 2.28. The van der Waals surface area contributed by atoms with E-state index in [9.17, 15) is 0 Å². The van der Waals surface area contributed by atoms with E-state index in [2.05, 4.69) is 23.9 Å². The normalized spacial score (nSPS) is 17.8. The van der Waals surface area contributed by atoms with Gasteiger partial charge < -0.3 is 15.7 Å². The van der Waals surface area contributed by atoms with Gasteiger partial charge in [0.15, 0.2) is 5.84 Å². The predicted molar refractivity (Wildman–Crippen MR) is 77.5 cm³/mol. The van der Waals surface area contributed by atoms with Gasteiger partial charge in [-0.3, -0.25) is 4.90 Å². The Labute approximate surface area is 116 Å². The van der Waals surface area contributed by atoms with E-state index in [1.165, 1.54) is 25.7 Å². The zero-order valence-electron chi connectivity index (χ0n) is 12.3. The number of oxime groups is 1. The molecule has 0 amide bonds. The Bertz CT molecular complexity index is 263. The molecule has 0 unspecified atom stereocenters. The summed E-state index contributed by atoms with van der Waals surface area (Å²) < 4.78 is 5.66. The lowest BCUT2D eigenvalue weighted by Crippen LogP contribution is -2.42. The van der Waals surface area contributed by atoms with Crippen LogP contribution in [0.25, 0.3) is 0 Å². The number of nitrogens with zero attached hydrogens (tertiary/aromatic N) is 2. The van der Waals surface area contributed by atoms with Gasteiger partial charge in [0.05, 0.1) is 13.2 Å². The summed E-state index contributed by atoms with van der Waals surface area (Å²) in [7, 11) is 0. The Morgan fingerprint density at radius 3 is 2.63 bits per heavy atom.